The fraction of sp³-hybridized carbons (Fsp3) is 0.636. The summed E-state index contributed by atoms with van der Waals surface area (Å²) in [7, 11) is 0. The molecule has 0 saturated heterocycles. The SMILES string of the molecule is C/C=C(/C)C1=C(CO)CCCC1. The predicted molar refractivity (Wildman–Crippen MR) is 52.0 cm³/mol. The Morgan fingerprint density at radius 3 is 2.67 bits per heavy atom. The van der Waals surface area contributed by atoms with Crippen molar-refractivity contribution in [1.82, 2.24) is 0 Å². The monoisotopic (exact) mass is 166 g/mol. The standard InChI is InChI=1S/C11H18O/c1-3-9(2)11-7-5-4-6-10(11)8-12/h3,12H,4-8H2,1-2H3/b9-3-. The van der Waals surface area contributed by atoms with Gasteiger partial charge in [-0.05, 0) is 50.7 Å². The summed E-state index contributed by atoms with van der Waals surface area (Å²) in [5.74, 6) is 0. The van der Waals surface area contributed by atoms with E-state index in [-0.39, 0.29) is 6.61 Å². The molecule has 0 aromatic heterocycles. The summed E-state index contributed by atoms with van der Waals surface area (Å²) in [5, 5.41) is 9.12. The van der Waals surface area contributed by atoms with Crippen LogP contribution in [0.3, 0.4) is 0 Å². The minimum absolute atomic E-state index is 0.251. The maximum absolute atomic E-state index is 9.12. The van der Waals surface area contributed by atoms with Gasteiger partial charge in [0.15, 0.2) is 0 Å². The first-order valence-electron chi connectivity index (χ1n) is 4.74. The van der Waals surface area contributed by atoms with E-state index in [1.165, 1.54) is 29.6 Å². The molecule has 1 nitrogen and oxygen atoms in total. The maximum atomic E-state index is 9.12. The van der Waals surface area contributed by atoms with E-state index in [2.05, 4.69) is 19.9 Å². The minimum Gasteiger partial charge on any atom is -0.392 e. The molecule has 0 unspecified atom stereocenters. The Morgan fingerprint density at radius 1 is 1.42 bits per heavy atom. The lowest BCUT2D eigenvalue weighted by molar-refractivity contribution is 0.321. The van der Waals surface area contributed by atoms with Crippen LogP contribution in [-0.2, 0) is 0 Å². The molecule has 0 heterocycles. The van der Waals surface area contributed by atoms with Crippen LogP contribution in [0.4, 0.5) is 0 Å². The second-order valence-corrected chi connectivity index (χ2v) is 3.42. The van der Waals surface area contributed by atoms with Gasteiger partial charge in [-0.2, -0.15) is 0 Å². The first-order chi connectivity index (χ1) is 5.79. The van der Waals surface area contributed by atoms with Crippen LogP contribution in [0.15, 0.2) is 22.8 Å². The van der Waals surface area contributed by atoms with Gasteiger partial charge in [-0.3, -0.25) is 0 Å². The average molecular weight is 166 g/mol. The van der Waals surface area contributed by atoms with E-state index in [4.69, 9.17) is 5.11 Å². The van der Waals surface area contributed by atoms with Crippen LogP contribution in [0.1, 0.15) is 39.5 Å². The van der Waals surface area contributed by atoms with E-state index < -0.39 is 0 Å². The first kappa shape index (κ1) is 9.53. The van der Waals surface area contributed by atoms with E-state index in [9.17, 15) is 0 Å². The molecule has 1 aliphatic carbocycles. The summed E-state index contributed by atoms with van der Waals surface area (Å²) >= 11 is 0. The largest absolute Gasteiger partial charge is 0.392 e. The molecule has 0 radical (unpaired) electrons. The molecule has 1 rings (SSSR count). The number of aliphatic hydroxyl groups is 1. The highest BCUT2D eigenvalue weighted by Gasteiger charge is 2.12. The molecule has 1 heteroatoms. The second kappa shape index (κ2) is 4.46. The molecule has 68 valence electrons. The predicted octanol–water partition coefficient (Wildman–Crippen LogP) is 2.82. The van der Waals surface area contributed by atoms with Crippen LogP contribution < -0.4 is 0 Å². The highest BCUT2D eigenvalue weighted by atomic mass is 16.3. The molecule has 0 atom stereocenters. The van der Waals surface area contributed by atoms with Crippen molar-refractivity contribution in [3.05, 3.63) is 22.8 Å². The lowest BCUT2D eigenvalue weighted by Crippen LogP contribution is -2.04. The van der Waals surface area contributed by atoms with Crippen LogP contribution in [0.25, 0.3) is 0 Å². The van der Waals surface area contributed by atoms with Crippen molar-refractivity contribution < 1.29 is 5.11 Å². The molecule has 12 heavy (non-hydrogen) atoms. The van der Waals surface area contributed by atoms with Crippen molar-refractivity contribution in [2.75, 3.05) is 6.61 Å². The topological polar surface area (TPSA) is 20.2 Å². The van der Waals surface area contributed by atoms with E-state index in [0.717, 1.165) is 12.8 Å². The number of hydrogen-bond acceptors (Lipinski definition) is 1. The fourth-order valence-electron chi connectivity index (χ4n) is 1.79. The van der Waals surface area contributed by atoms with Gasteiger partial charge >= 0.3 is 0 Å². The highest BCUT2D eigenvalue weighted by Crippen LogP contribution is 2.29. The molecule has 0 fully saturated rings. The van der Waals surface area contributed by atoms with Gasteiger partial charge in [0.1, 0.15) is 0 Å². The molecule has 1 aliphatic rings. The molecule has 0 bridgehead atoms. The zero-order valence-electron chi connectivity index (χ0n) is 8.06. The number of aliphatic hydroxyl groups excluding tert-OH is 1. The minimum atomic E-state index is 0.251. The zero-order valence-corrected chi connectivity index (χ0v) is 8.06. The van der Waals surface area contributed by atoms with Gasteiger partial charge < -0.3 is 5.11 Å². The van der Waals surface area contributed by atoms with Crippen LogP contribution >= 0.6 is 0 Å². The summed E-state index contributed by atoms with van der Waals surface area (Å²) in [6.45, 7) is 4.45. The van der Waals surface area contributed by atoms with Gasteiger partial charge in [-0.25, -0.2) is 0 Å². The third-order valence-electron chi connectivity index (χ3n) is 2.68. The van der Waals surface area contributed by atoms with E-state index in [1.54, 1.807) is 0 Å². The van der Waals surface area contributed by atoms with Gasteiger partial charge in [-0.15, -0.1) is 0 Å². The van der Waals surface area contributed by atoms with Gasteiger partial charge in [0, 0.05) is 0 Å². The third-order valence-corrected chi connectivity index (χ3v) is 2.68. The molecular formula is C11H18O. The number of allylic oxidation sites excluding steroid dienone is 3. The normalized spacial score (nSPS) is 20.1. The summed E-state index contributed by atoms with van der Waals surface area (Å²) in [6, 6.07) is 0. The van der Waals surface area contributed by atoms with Crippen molar-refractivity contribution in [3.63, 3.8) is 0 Å². The van der Waals surface area contributed by atoms with E-state index >= 15 is 0 Å². The summed E-state index contributed by atoms with van der Waals surface area (Å²) in [5.41, 5.74) is 4.02. The Labute approximate surface area is 74.8 Å². The lowest BCUT2D eigenvalue weighted by atomic mass is 9.88. The summed E-state index contributed by atoms with van der Waals surface area (Å²) in [6.07, 6.45) is 6.92. The molecule has 0 amide bonds. The Bertz CT molecular complexity index is 211. The third kappa shape index (κ3) is 1.98. The van der Waals surface area contributed by atoms with Crippen molar-refractivity contribution in [3.8, 4) is 0 Å². The van der Waals surface area contributed by atoms with E-state index in [1.807, 2.05) is 0 Å². The number of rotatable bonds is 2. The van der Waals surface area contributed by atoms with Gasteiger partial charge in [-0.1, -0.05) is 11.6 Å². The van der Waals surface area contributed by atoms with Crippen LogP contribution in [0.2, 0.25) is 0 Å². The quantitative estimate of drug-likeness (QED) is 0.668. The maximum Gasteiger partial charge on any atom is 0.0647 e. The molecule has 0 aliphatic heterocycles. The van der Waals surface area contributed by atoms with Crippen molar-refractivity contribution in [1.29, 1.82) is 0 Å². The van der Waals surface area contributed by atoms with Crippen LogP contribution in [-0.4, -0.2) is 11.7 Å². The number of hydrogen-bond donors (Lipinski definition) is 1. The Balaban J connectivity index is 2.87. The average Bonchev–Trinajstić information content (AvgIpc) is 2.16. The van der Waals surface area contributed by atoms with Crippen molar-refractivity contribution in [2.24, 2.45) is 0 Å². The Hall–Kier alpha value is -0.560. The van der Waals surface area contributed by atoms with Crippen LogP contribution in [0.5, 0.6) is 0 Å². The molecule has 0 aromatic carbocycles. The van der Waals surface area contributed by atoms with Crippen molar-refractivity contribution in [2.45, 2.75) is 39.5 Å². The molecule has 0 saturated carbocycles. The van der Waals surface area contributed by atoms with E-state index in [0.29, 0.717) is 0 Å². The van der Waals surface area contributed by atoms with Crippen molar-refractivity contribution >= 4 is 0 Å². The smallest absolute Gasteiger partial charge is 0.0647 e. The Morgan fingerprint density at radius 2 is 2.08 bits per heavy atom. The Kier molecular flexibility index (Phi) is 3.54. The molecular weight excluding hydrogens is 148 g/mol. The van der Waals surface area contributed by atoms with Crippen LogP contribution in [0, 0.1) is 0 Å². The summed E-state index contributed by atoms with van der Waals surface area (Å²) < 4.78 is 0. The molecule has 0 spiro atoms. The lowest BCUT2D eigenvalue weighted by Gasteiger charge is -2.19. The first-order valence-corrected chi connectivity index (χ1v) is 4.74. The van der Waals surface area contributed by atoms with Gasteiger partial charge in [0.25, 0.3) is 0 Å². The summed E-state index contributed by atoms with van der Waals surface area (Å²) in [4.78, 5) is 0. The van der Waals surface area contributed by atoms with Gasteiger partial charge in [0.05, 0.1) is 6.61 Å². The molecule has 1 N–H and O–H groups in total. The van der Waals surface area contributed by atoms with Gasteiger partial charge in [0.2, 0.25) is 0 Å². The second-order valence-electron chi connectivity index (χ2n) is 3.42. The zero-order chi connectivity index (χ0) is 8.97. The fourth-order valence-corrected chi connectivity index (χ4v) is 1.79. The highest BCUT2D eigenvalue weighted by molar-refractivity contribution is 5.35. The molecule has 0 aromatic rings.